The molecule has 1 unspecified atom stereocenters. The first kappa shape index (κ1) is 14.3. The smallest absolute Gasteiger partial charge is 0.396 e. The van der Waals surface area contributed by atoms with Crippen LogP contribution < -0.4 is 5.32 Å². The summed E-state index contributed by atoms with van der Waals surface area (Å²) in [6, 6.07) is 4.77. The fourth-order valence-corrected chi connectivity index (χ4v) is 1.52. The Bertz CT molecular complexity index is 452. The predicted octanol–water partition coefficient (Wildman–Crippen LogP) is 2.76. The summed E-state index contributed by atoms with van der Waals surface area (Å²) in [5.74, 6) is 0. The van der Waals surface area contributed by atoms with Crippen LogP contribution >= 0.6 is 0 Å². The fraction of sp³-hybridized carbons (Fsp3) is 0.417. The highest BCUT2D eigenvalue weighted by Crippen LogP contribution is 2.33. The third kappa shape index (κ3) is 3.64. The second kappa shape index (κ2) is 5.74. The van der Waals surface area contributed by atoms with E-state index >= 15 is 0 Å². The molecule has 0 aliphatic heterocycles. The van der Waals surface area contributed by atoms with Crippen LogP contribution in [0.5, 0.6) is 0 Å². The summed E-state index contributed by atoms with van der Waals surface area (Å²) in [7, 11) is 0. The van der Waals surface area contributed by atoms with Gasteiger partial charge in [0, 0.05) is 18.3 Å². The highest BCUT2D eigenvalue weighted by molar-refractivity contribution is 5.54. The van der Waals surface area contributed by atoms with Crippen molar-refractivity contribution < 1.29 is 18.3 Å². The molecular weight excluding hydrogens is 245 g/mol. The van der Waals surface area contributed by atoms with Gasteiger partial charge >= 0.3 is 6.18 Å². The summed E-state index contributed by atoms with van der Waals surface area (Å²) in [6.45, 7) is 1.78. The fourth-order valence-electron chi connectivity index (χ4n) is 1.52. The molecule has 0 amide bonds. The van der Waals surface area contributed by atoms with E-state index in [0.717, 1.165) is 12.1 Å². The molecule has 1 rings (SSSR count). The maximum Gasteiger partial charge on any atom is 0.417 e. The van der Waals surface area contributed by atoms with Crippen molar-refractivity contribution in [2.45, 2.75) is 25.6 Å². The SMILES string of the molecule is CC(CCO)Nc1ccc(C(F)(F)F)c(C#N)c1. The Kier molecular flexibility index (Phi) is 4.56. The van der Waals surface area contributed by atoms with Crippen molar-refractivity contribution in [3.8, 4) is 6.07 Å². The van der Waals surface area contributed by atoms with E-state index in [1.165, 1.54) is 12.1 Å². The molecule has 1 aromatic carbocycles. The molecule has 0 spiro atoms. The lowest BCUT2D eigenvalue weighted by molar-refractivity contribution is -0.137. The van der Waals surface area contributed by atoms with Gasteiger partial charge in [-0.1, -0.05) is 0 Å². The quantitative estimate of drug-likeness (QED) is 0.873. The van der Waals surface area contributed by atoms with Gasteiger partial charge in [0.15, 0.2) is 0 Å². The van der Waals surface area contributed by atoms with E-state index in [-0.39, 0.29) is 12.6 Å². The van der Waals surface area contributed by atoms with Crippen LogP contribution in [-0.2, 0) is 6.18 Å². The molecule has 0 radical (unpaired) electrons. The van der Waals surface area contributed by atoms with Gasteiger partial charge in [0.25, 0.3) is 0 Å². The van der Waals surface area contributed by atoms with Crippen LogP contribution in [0.1, 0.15) is 24.5 Å². The number of halogens is 3. The molecule has 0 fully saturated rings. The number of aliphatic hydroxyl groups excluding tert-OH is 1. The summed E-state index contributed by atoms with van der Waals surface area (Å²) in [5, 5.41) is 20.4. The van der Waals surface area contributed by atoms with Gasteiger partial charge in [-0.2, -0.15) is 18.4 Å². The summed E-state index contributed by atoms with van der Waals surface area (Å²) in [5.41, 5.74) is -0.922. The molecule has 3 nitrogen and oxygen atoms in total. The number of anilines is 1. The molecule has 0 aliphatic carbocycles. The summed E-state index contributed by atoms with van der Waals surface area (Å²) in [6.07, 6.45) is -4.05. The van der Waals surface area contributed by atoms with Crippen LogP contribution in [0.4, 0.5) is 18.9 Å². The van der Waals surface area contributed by atoms with Crippen molar-refractivity contribution in [1.29, 1.82) is 5.26 Å². The number of hydrogen-bond donors (Lipinski definition) is 2. The first-order valence-corrected chi connectivity index (χ1v) is 5.37. The monoisotopic (exact) mass is 258 g/mol. The van der Waals surface area contributed by atoms with Gasteiger partial charge in [0.2, 0.25) is 0 Å². The van der Waals surface area contributed by atoms with Crippen molar-refractivity contribution in [2.24, 2.45) is 0 Å². The minimum absolute atomic E-state index is 0.0140. The number of rotatable bonds is 4. The van der Waals surface area contributed by atoms with Gasteiger partial charge < -0.3 is 10.4 Å². The zero-order valence-electron chi connectivity index (χ0n) is 9.75. The van der Waals surface area contributed by atoms with Crippen LogP contribution in [0.25, 0.3) is 0 Å². The van der Waals surface area contributed by atoms with E-state index in [9.17, 15) is 13.2 Å². The summed E-state index contributed by atoms with van der Waals surface area (Å²) in [4.78, 5) is 0. The lowest BCUT2D eigenvalue weighted by Crippen LogP contribution is -2.17. The lowest BCUT2D eigenvalue weighted by Gasteiger charge is -2.15. The van der Waals surface area contributed by atoms with E-state index in [2.05, 4.69) is 5.32 Å². The van der Waals surface area contributed by atoms with Gasteiger partial charge in [-0.25, -0.2) is 0 Å². The molecule has 98 valence electrons. The molecule has 0 bridgehead atoms. The maximum absolute atomic E-state index is 12.5. The van der Waals surface area contributed by atoms with Gasteiger partial charge in [0.05, 0.1) is 17.2 Å². The van der Waals surface area contributed by atoms with E-state index < -0.39 is 17.3 Å². The maximum atomic E-state index is 12.5. The average molecular weight is 258 g/mol. The minimum atomic E-state index is -4.53. The highest BCUT2D eigenvalue weighted by Gasteiger charge is 2.33. The molecular formula is C12H13F3N2O. The third-order valence-electron chi connectivity index (χ3n) is 2.42. The average Bonchev–Trinajstić information content (AvgIpc) is 2.27. The van der Waals surface area contributed by atoms with Crippen molar-refractivity contribution >= 4 is 5.69 Å². The number of hydrogen-bond acceptors (Lipinski definition) is 3. The number of alkyl halides is 3. The van der Waals surface area contributed by atoms with Gasteiger partial charge in [-0.3, -0.25) is 0 Å². The van der Waals surface area contributed by atoms with Gasteiger partial charge in [0.1, 0.15) is 0 Å². The predicted molar refractivity (Wildman–Crippen MR) is 60.9 cm³/mol. The van der Waals surface area contributed by atoms with E-state index in [0.29, 0.717) is 12.1 Å². The number of nitrogens with zero attached hydrogens (tertiary/aromatic N) is 1. The van der Waals surface area contributed by atoms with Gasteiger partial charge in [-0.15, -0.1) is 0 Å². The minimum Gasteiger partial charge on any atom is -0.396 e. The Morgan fingerprint density at radius 3 is 2.61 bits per heavy atom. The normalized spacial score (nSPS) is 12.9. The first-order chi connectivity index (χ1) is 8.38. The second-order valence-electron chi connectivity index (χ2n) is 3.93. The van der Waals surface area contributed by atoms with Crippen LogP contribution in [0, 0.1) is 11.3 Å². The molecule has 0 saturated heterocycles. The van der Waals surface area contributed by atoms with Gasteiger partial charge in [-0.05, 0) is 31.5 Å². The molecule has 0 aliphatic rings. The molecule has 1 atom stereocenters. The van der Waals surface area contributed by atoms with E-state index in [1.54, 1.807) is 6.92 Å². The molecule has 6 heteroatoms. The molecule has 1 aromatic rings. The number of benzene rings is 1. The van der Waals surface area contributed by atoms with Crippen molar-refractivity contribution in [3.05, 3.63) is 29.3 Å². The van der Waals surface area contributed by atoms with Crippen LogP contribution in [0.2, 0.25) is 0 Å². The lowest BCUT2D eigenvalue weighted by atomic mass is 10.1. The van der Waals surface area contributed by atoms with Crippen molar-refractivity contribution in [2.75, 3.05) is 11.9 Å². The molecule has 0 saturated carbocycles. The second-order valence-corrected chi connectivity index (χ2v) is 3.93. The van der Waals surface area contributed by atoms with Crippen LogP contribution in [0.3, 0.4) is 0 Å². The highest BCUT2D eigenvalue weighted by atomic mass is 19.4. The molecule has 0 aromatic heterocycles. The van der Waals surface area contributed by atoms with Crippen molar-refractivity contribution in [3.63, 3.8) is 0 Å². The number of nitrogens with one attached hydrogen (secondary N) is 1. The van der Waals surface area contributed by atoms with E-state index in [4.69, 9.17) is 10.4 Å². The zero-order chi connectivity index (χ0) is 13.8. The standard InChI is InChI=1S/C12H13F3N2O/c1-8(4-5-18)17-10-2-3-11(12(13,14)15)9(6-10)7-16/h2-3,6,8,17-18H,4-5H2,1H3. The Morgan fingerprint density at radius 2 is 2.11 bits per heavy atom. The van der Waals surface area contributed by atoms with E-state index in [1.807, 2.05) is 0 Å². The third-order valence-corrected chi connectivity index (χ3v) is 2.42. The first-order valence-electron chi connectivity index (χ1n) is 5.37. The zero-order valence-corrected chi connectivity index (χ0v) is 9.75. The largest absolute Gasteiger partial charge is 0.417 e. The summed E-state index contributed by atoms with van der Waals surface area (Å²) >= 11 is 0. The number of nitriles is 1. The number of aliphatic hydroxyl groups is 1. The van der Waals surface area contributed by atoms with Crippen LogP contribution in [-0.4, -0.2) is 17.8 Å². The Labute approximate surface area is 103 Å². The summed E-state index contributed by atoms with van der Waals surface area (Å²) < 4.78 is 37.6. The Hall–Kier alpha value is -1.74. The molecule has 0 heterocycles. The molecule has 2 N–H and O–H groups in total. The topological polar surface area (TPSA) is 56.0 Å². The molecule has 18 heavy (non-hydrogen) atoms. The Balaban J connectivity index is 2.97. The van der Waals surface area contributed by atoms with Crippen LogP contribution in [0.15, 0.2) is 18.2 Å². The Morgan fingerprint density at radius 1 is 1.44 bits per heavy atom. The van der Waals surface area contributed by atoms with Crippen molar-refractivity contribution in [1.82, 2.24) is 0 Å².